The maximum atomic E-state index is 6.45. The van der Waals surface area contributed by atoms with Crippen LogP contribution < -0.4 is 20.7 Å². The summed E-state index contributed by atoms with van der Waals surface area (Å²) in [6.07, 6.45) is 11.9. The van der Waals surface area contributed by atoms with Crippen molar-refractivity contribution in [3.63, 3.8) is 0 Å². The first kappa shape index (κ1) is 32.2. The van der Waals surface area contributed by atoms with Crippen LogP contribution in [0.15, 0.2) is 133 Å². The molecule has 0 bridgehead atoms. The van der Waals surface area contributed by atoms with Crippen LogP contribution in [0.2, 0.25) is 0 Å². The molecule has 0 aromatic heterocycles. The van der Waals surface area contributed by atoms with Crippen molar-refractivity contribution in [3.8, 4) is 17.6 Å². The summed E-state index contributed by atoms with van der Waals surface area (Å²) in [6, 6.07) is 44.1. The van der Waals surface area contributed by atoms with Gasteiger partial charge in [0, 0.05) is 17.2 Å². The molecule has 0 unspecified atom stereocenters. The number of ether oxygens (including phenoxy) is 1. The van der Waals surface area contributed by atoms with Gasteiger partial charge in [-0.2, -0.15) is 0 Å². The predicted molar refractivity (Wildman–Crippen MR) is 199 cm³/mol. The van der Waals surface area contributed by atoms with Crippen LogP contribution >= 0.6 is 6.04 Å². The van der Waals surface area contributed by atoms with E-state index in [4.69, 9.17) is 16.5 Å². The molecule has 1 nitrogen and oxygen atoms in total. The van der Waals surface area contributed by atoms with Crippen LogP contribution in [0.4, 0.5) is 0 Å². The van der Waals surface area contributed by atoms with Crippen molar-refractivity contribution in [3.05, 3.63) is 156 Å². The number of rotatable bonds is 13. The van der Waals surface area contributed by atoms with E-state index in [1.807, 2.05) is 12.1 Å². The monoisotopic (exact) mass is 624 g/mol. The standard InChI is InChI=1S/C42H41OPS/c1-2-3-4-5-6-13-34-43-39-30-26-37(27-31-39)24-22-35-18-20-36(21-19-35)23-25-38-28-32-42(33-29-38)44(45,40-14-9-7-10-15-40)41-16-11-8-12-17-41/h7-12,14-22,24,26-33H,2-6,13,34H2,1H3/b24-22+. The summed E-state index contributed by atoms with van der Waals surface area (Å²) >= 11 is 6.45. The number of unbranched alkanes of at least 4 members (excludes halogenated alkanes) is 5. The molecule has 0 N–H and O–H groups in total. The fourth-order valence-corrected chi connectivity index (χ4v) is 8.98. The molecule has 0 saturated heterocycles. The van der Waals surface area contributed by atoms with Gasteiger partial charge in [0.15, 0.2) is 0 Å². The van der Waals surface area contributed by atoms with Crippen LogP contribution in [0.25, 0.3) is 12.2 Å². The van der Waals surface area contributed by atoms with E-state index in [9.17, 15) is 0 Å². The Morgan fingerprint density at radius 1 is 0.533 bits per heavy atom. The average Bonchev–Trinajstić information content (AvgIpc) is 3.11. The van der Waals surface area contributed by atoms with E-state index in [2.05, 4.69) is 152 Å². The van der Waals surface area contributed by atoms with Gasteiger partial charge in [0.2, 0.25) is 0 Å². The highest BCUT2D eigenvalue weighted by atomic mass is 32.4. The molecule has 0 spiro atoms. The number of hydrogen-bond donors (Lipinski definition) is 0. The Balaban J connectivity index is 1.17. The third-order valence-corrected chi connectivity index (χ3v) is 12.8. The maximum Gasteiger partial charge on any atom is 0.119 e. The van der Waals surface area contributed by atoms with Crippen molar-refractivity contribution < 1.29 is 4.74 Å². The fraction of sp³-hybridized carbons (Fsp3) is 0.190. The molecular weight excluding hydrogens is 584 g/mol. The van der Waals surface area contributed by atoms with Gasteiger partial charge in [0.25, 0.3) is 0 Å². The molecule has 0 aliphatic heterocycles. The molecule has 5 aromatic rings. The van der Waals surface area contributed by atoms with E-state index in [1.165, 1.54) is 48.0 Å². The molecule has 0 radical (unpaired) electrons. The summed E-state index contributed by atoms with van der Waals surface area (Å²) in [5.41, 5.74) is 4.26. The Bertz CT molecular complexity index is 1700. The van der Waals surface area contributed by atoms with E-state index < -0.39 is 6.04 Å². The van der Waals surface area contributed by atoms with Gasteiger partial charge in [0.05, 0.1) is 6.61 Å². The Labute approximate surface area is 275 Å². The zero-order chi connectivity index (χ0) is 31.2. The van der Waals surface area contributed by atoms with Crippen molar-refractivity contribution in [1.82, 2.24) is 0 Å². The van der Waals surface area contributed by atoms with Gasteiger partial charge in [0.1, 0.15) is 5.75 Å². The minimum absolute atomic E-state index is 0.793. The smallest absolute Gasteiger partial charge is 0.119 e. The molecule has 3 heteroatoms. The molecule has 45 heavy (non-hydrogen) atoms. The van der Waals surface area contributed by atoms with Crippen molar-refractivity contribution in [2.45, 2.75) is 45.4 Å². The SMILES string of the molecule is CCCCCCCCOc1ccc(/C=C/c2ccc(C#Cc3ccc(P(=S)(c4ccccc4)c4ccccc4)cc3)cc2)cc1. The van der Waals surface area contributed by atoms with Crippen molar-refractivity contribution in [2.24, 2.45) is 0 Å². The molecule has 0 aliphatic carbocycles. The summed E-state index contributed by atoms with van der Waals surface area (Å²) in [5.74, 6) is 7.59. The van der Waals surface area contributed by atoms with Crippen LogP contribution in [-0.2, 0) is 11.8 Å². The zero-order valence-electron chi connectivity index (χ0n) is 26.1. The Kier molecular flexibility index (Phi) is 12.0. The summed E-state index contributed by atoms with van der Waals surface area (Å²) in [4.78, 5) is 0. The van der Waals surface area contributed by atoms with Crippen molar-refractivity contribution in [2.75, 3.05) is 6.61 Å². The lowest BCUT2D eigenvalue weighted by Gasteiger charge is -2.24. The number of benzene rings is 5. The lowest BCUT2D eigenvalue weighted by atomic mass is 10.1. The number of hydrogen-bond acceptors (Lipinski definition) is 2. The summed E-state index contributed by atoms with van der Waals surface area (Å²) in [6.45, 7) is 3.04. The molecule has 0 fully saturated rings. The topological polar surface area (TPSA) is 9.23 Å². The highest BCUT2D eigenvalue weighted by Gasteiger charge is 2.24. The minimum atomic E-state index is -2.15. The molecule has 5 rings (SSSR count). The Morgan fingerprint density at radius 2 is 0.978 bits per heavy atom. The Hall–Kier alpha value is -4.15. The first-order valence-electron chi connectivity index (χ1n) is 16.0. The van der Waals surface area contributed by atoms with Crippen LogP contribution in [0.5, 0.6) is 5.75 Å². The second-order valence-corrected chi connectivity index (χ2v) is 15.6. The van der Waals surface area contributed by atoms with Gasteiger partial charge >= 0.3 is 0 Å². The lowest BCUT2D eigenvalue weighted by molar-refractivity contribution is 0.304. The van der Waals surface area contributed by atoms with Crippen molar-refractivity contribution in [1.29, 1.82) is 0 Å². The van der Waals surface area contributed by atoms with E-state index >= 15 is 0 Å². The molecule has 0 atom stereocenters. The van der Waals surface area contributed by atoms with Gasteiger partial charge in [-0.1, -0.05) is 172 Å². The quantitative estimate of drug-likeness (QED) is 0.0558. The van der Waals surface area contributed by atoms with E-state index in [0.717, 1.165) is 41.0 Å². The molecule has 0 saturated carbocycles. The zero-order valence-corrected chi connectivity index (χ0v) is 27.8. The maximum absolute atomic E-state index is 6.45. The van der Waals surface area contributed by atoms with E-state index in [-0.39, 0.29) is 0 Å². The largest absolute Gasteiger partial charge is 0.494 e. The molecule has 5 aromatic carbocycles. The highest BCUT2D eigenvalue weighted by molar-refractivity contribution is 8.25. The van der Waals surface area contributed by atoms with Crippen LogP contribution in [0, 0.1) is 11.8 Å². The third-order valence-electron chi connectivity index (χ3n) is 7.85. The predicted octanol–water partition coefficient (Wildman–Crippen LogP) is 9.75. The van der Waals surface area contributed by atoms with E-state index in [0.29, 0.717) is 0 Å². The summed E-state index contributed by atoms with van der Waals surface area (Å²) in [5, 5.41) is 3.57. The molecule has 0 aliphatic rings. The average molecular weight is 625 g/mol. The molecular formula is C42H41OPS. The van der Waals surface area contributed by atoms with E-state index in [1.54, 1.807) is 0 Å². The fourth-order valence-electron chi connectivity index (χ4n) is 5.24. The minimum Gasteiger partial charge on any atom is -0.494 e. The van der Waals surface area contributed by atoms with Gasteiger partial charge in [-0.15, -0.1) is 0 Å². The van der Waals surface area contributed by atoms with Crippen molar-refractivity contribution >= 4 is 45.9 Å². The lowest BCUT2D eigenvalue weighted by Crippen LogP contribution is -2.24. The summed E-state index contributed by atoms with van der Waals surface area (Å²) in [7, 11) is 0. The van der Waals surface area contributed by atoms with Crippen LogP contribution in [-0.4, -0.2) is 6.61 Å². The van der Waals surface area contributed by atoms with Gasteiger partial charge in [-0.05, 0) is 69.9 Å². The molecule has 0 heterocycles. The normalized spacial score (nSPS) is 11.2. The second-order valence-electron chi connectivity index (χ2n) is 11.2. The Morgan fingerprint density at radius 3 is 1.51 bits per heavy atom. The third kappa shape index (κ3) is 9.18. The molecule has 226 valence electrons. The second kappa shape index (κ2) is 16.8. The van der Waals surface area contributed by atoms with Crippen LogP contribution in [0.3, 0.4) is 0 Å². The first-order valence-corrected chi connectivity index (χ1v) is 18.8. The van der Waals surface area contributed by atoms with Crippen LogP contribution in [0.1, 0.15) is 67.7 Å². The molecule has 0 amide bonds. The van der Waals surface area contributed by atoms with Gasteiger partial charge < -0.3 is 4.74 Å². The first-order chi connectivity index (χ1) is 22.1. The van der Waals surface area contributed by atoms with Gasteiger partial charge in [-0.25, -0.2) is 0 Å². The summed E-state index contributed by atoms with van der Waals surface area (Å²) < 4.78 is 5.92. The van der Waals surface area contributed by atoms with Gasteiger partial charge in [-0.3, -0.25) is 0 Å². The highest BCUT2D eigenvalue weighted by Crippen LogP contribution is 2.42.